The molecule has 1 heterocycles. The lowest BCUT2D eigenvalue weighted by atomic mass is 10.1. The molecule has 0 aliphatic carbocycles. The molecule has 2 N–H and O–H groups in total. The second kappa shape index (κ2) is 3.65. The standard InChI is InChI=1S/C11H10FN3/c1-7-2-8(4-9(12)3-7)11-14-5-10(13)6-15-11/h2-6H,13H2,1H3. The zero-order valence-corrected chi connectivity index (χ0v) is 8.24. The molecule has 0 radical (unpaired) electrons. The van der Waals surface area contributed by atoms with Crippen LogP contribution in [0.25, 0.3) is 11.4 Å². The minimum Gasteiger partial charge on any atom is -0.396 e. The largest absolute Gasteiger partial charge is 0.396 e. The zero-order chi connectivity index (χ0) is 10.8. The molecule has 0 spiro atoms. The topological polar surface area (TPSA) is 51.8 Å². The maximum atomic E-state index is 13.1. The molecular weight excluding hydrogens is 193 g/mol. The van der Waals surface area contributed by atoms with Crippen LogP contribution in [0.4, 0.5) is 10.1 Å². The highest BCUT2D eigenvalue weighted by Gasteiger charge is 2.03. The van der Waals surface area contributed by atoms with Gasteiger partial charge >= 0.3 is 0 Å². The summed E-state index contributed by atoms with van der Waals surface area (Å²) < 4.78 is 13.1. The van der Waals surface area contributed by atoms with Crippen molar-refractivity contribution in [2.75, 3.05) is 5.73 Å². The van der Waals surface area contributed by atoms with Gasteiger partial charge in [0, 0.05) is 5.56 Å². The van der Waals surface area contributed by atoms with Gasteiger partial charge in [0.25, 0.3) is 0 Å². The summed E-state index contributed by atoms with van der Waals surface area (Å²) in [5, 5.41) is 0. The number of rotatable bonds is 1. The van der Waals surface area contributed by atoms with Crippen molar-refractivity contribution in [2.45, 2.75) is 6.92 Å². The Balaban J connectivity index is 2.49. The third kappa shape index (κ3) is 2.10. The molecule has 0 saturated heterocycles. The summed E-state index contributed by atoms with van der Waals surface area (Å²) in [7, 11) is 0. The van der Waals surface area contributed by atoms with E-state index in [2.05, 4.69) is 9.97 Å². The van der Waals surface area contributed by atoms with Crippen molar-refractivity contribution in [2.24, 2.45) is 0 Å². The zero-order valence-electron chi connectivity index (χ0n) is 8.24. The van der Waals surface area contributed by atoms with E-state index in [4.69, 9.17) is 5.73 Å². The molecule has 3 nitrogen and oxygen atoms in total. The van der Waals surface area contributed by atoms with Crippen LogP contribution < -0.4 is 5.73 Å². The van der Waals surface area contributed by atoms with Gasteiger partial charge in [-0.2, -0.15) is 0 Å². The summed E-state index contributed by atoms with van der Waals surface area (Å²) in [5.74, 6) is 0.192. The number of benzene rings is 1. The Labute approximate surface area is 86.8 Å². The van der Waals surface area contributed by atoms with Crippen LogP contribution in [0.1, 0.15) is 5.56 Å². The van der Waals surface area contributed by atoms with E-state index in [0.29, 0.717) is 17.1 Å². The van der Waals surface area contributed by atoms with Crippen molar-refractivity contribution in [3.63, 3.8) is 0 Å². The van der Waals surface area contributed by atoms with Crippen molar-refractivity contribution in [3.05, 3.63) is 42.0 Å². The van der Waals surface area contributed by atoms with Crippen molar-refractivity contribution in [1.29, 1.82) is 0 Å². The second-order valence-corrected chi connectivity index (χ2v) is 3.36. The number of halogens is 1. The third-order valence-corrected chi connectivity index (χ3v) is 1.97. The smallest absolute Gasteiger partial charge is 0.159 e. The number of nitrogen functional groups attached to an aromatic ring is 1. The molecule has 15 heavy (non-hydrogen) atoms. The molecule has 0 aliphatic heterocycles. The van der Waals surface area contributed by atoms with Crippen LogP contribution in [0, 0.1) is 12.7 Å². The molecule has 0 aliphatic rings. The number of aryl methyl sites for hydroxylation is 1. The van der Waals surface area contributed by atoms with E-state index in [1.807, 2.05) is 13.0 Å². The molecule has 4 heteroatoms. The molecule has 0 bridgehead atoms. The first kappa shape index (κ1) is 9.58. The molecule has 2 aromatic rings. The monoisotopic (exact) mass is 203 g/mol. The van der Waals surface area contributed by atoms with E-state index in [1.54, 1.807) is 0 Å². The Morgan fingerprint density at radius 3 is 2.40 bits per heavy atom. The van der Waals surface area contributed by atoms with E-state index in [9.17, 15) is 4.39 Å². The van der Waals surface area contributed by atoms with Crippen LogP contribution >= 0.6 is 0 Å². The van der Waals surface area contributed by atoms with Gasteiger partial charge in [0.05, 0.1) is 18.1 Å². The highest BCUT2D eigenvalue weighted by Crippen LogP contribution is 2.18. The van der Waals surface area contributed by atoms with Gasteiger partial charge in [-0.15, -0.1) is 0 Å². The first-order valence-electron chi connectivity index (χ1n) is 4.50. The lowest BCUT2D eigenvalue weighted by Crippen LogP contribution is -1.93. The number of anilines is 1. The predicted octanol–water partition coefficient (Wildman–Crippen LogP) is 2.17. The summed E-state index contributed by atoms with van der Waals surface area (Å²) in [4.78, 5) is 8.06. The summed E-state index contributed by atoms with van der Waals surface area (Å²) >= 11 is 0. The molecular formula is C11H10FN3. The number of nitrogens with two attached hydrogens (primary N) is 1. The Morgan fingerprint density at radius 2 is 1.80 bits per heavy atom. The molecule has 0 amide bonds. The van der Waals surface area contributed by atoms with Crippen LogP contribution in [-0.2, 0) is 0 Å². The fourth-order valence-corrected chi connectivity index (χ4v) is 1.35. The fourth-order valence-electron chi connectivity index (χ4n) is 1.35. The van der Waals surface area contributed by atoms with Crippen LogP contribution in [-0.4, -0.2) is 9.97 Å². The van der Waals surface area contributed by atoms with E-state index in [1.165, 1.54) is 24.5 Å². The number of hydrogen-bond acceptors (Lipinski definition) is 3. The van der Waals surface area contributed by atoms with Gasteiger partial charge < -0.3 is 5.73 Å². The molecule has 0 fully saturated rings. The van der Waals surface area contributed by atoms with Gasteiger partial charge in [-0.25, -0.2) is 14.4 Å². The molecule has 1 aromatic heterocycles. The maximum absolute atomic E-state index is 13.1. The van der Waals surface area contributed by atoms with Crippen LogP contribution in [0.3, 0.4) is 0 Å². The van der Waals surface area contributed by atoms with Crippen molar-refractivity contribution in [3.8, 4) is 11.4 Å². The van der Waals surface area contributed by atoms with Crippen molar-refractivity contribution >= 4 is 5.69 Å². The summed E-state index contributed by atoms with van der Waals surface area (Å²) in [6, 6.07) is 4.69. The van der Waals surface area contributed by atoms with E-state index in [0.717, 1.165) is 5.56 Å². The summed E-state index contributed by atoms with van der Waals surface area (Å²) in [6.45, 7) is 1.82. The summed E-state index contributed by atoms with van der Waals surface area (Å²) in [5.41, 5.74) is 7.46. The first-order valence-corrected chi connectivity index (χ1v) is 4.50. The van der Waals surface area contributed by atoms with Gasteiger partial charge in [-0.1, -0.05) is 0 Å². The Kier molecular flexibility index (Phi) is 2.33. The molecule has 0 atom stereocenters. The minimum atomic E-state index is -0.287. The number of nitrogens with zero attached hydrogens (tertiary/aromatic N) is 2. The predicted molar refractivity (Wildman–Crippen MR) is 56.6 cm³/mol. The summed E-state index contributed by atoms with van der Waals surface area (Å²) in [6.07, 6.45) is 3.01. The normalized spacial score (nSPS) is 10.3. The Hall–Kier alpha value is -1.97. The molecule has 2 rings (SSSR count). The van der Waals surface area contributed by atoms with Gasteiger partial charge in [0.2, 0.25) is 0 Å². The lowest BCUT2D eigenvalue weighted by Gasteiger charge is -2.02. The van der Waals surface area contributed by atoms with Crippen LogP contribution in [0.2, 0.25) is 0 Å². The average Bonchev–Trinajstić information content (AvgIpc) is 2.17. The highest BCUT2D eigenvalue weighted by molar-refractivity contribution is 5.56. The van der Waals surface area contributed by atoms with Crippen molar-refractivity contribution in [1.82, 2.24) is 9.97 Å². The van der Waals surface area contributed by atoms with E-state index in [-0.39, 0.29) is 5.82 Å². The first-order chi connectivity index (χ1) is 7.15. The molecule has 76 valence electrons. The second-order valence-electron chi connectivity index (χ2n) is 3.36. The maximum Gasteiger partial charge on any atom is 0.159 e. The average molecular weight is 203 g/mol. The Morgan fingerprint density at radius 1 is 1.13 bits per heavy atom. The van der Waals surface area contributed by atoms with Gasteiger partial charge in [0.15, 0.2) is 5.82 Å². The molecule has 1 aromatic carbocycles. The quantitative estimate of drug-likeness (QED) is 0.772. The van der Waals surface area contributed by atoms with Gasteiger partial charge in [0.1, 0.15) is 5.82 Å². The third-order valence-electron chi connectivity index (χ3n) is 1.97. The Bertz CT molecular complexity index is 459. The van der Waals surface area contributed by atoms with Crippen LogP contribution in [0.5, 0.6) is 0 Å². The highest BCUT2D eigenvalue weighted by atomic mass is 19.1. The number of hydrogen-bond donors (Lipinski definition) is 1. The van der Waals surface area contributed by atoms with E-state index >= 15 is 0 Å². The van der Waals surface area contributed by atoms with E-state index < -0.39 is 0 Å². The SMILES string of the molecule is Cc1cc(F)cc(-c2ncc(N)cn2)c1. The number of aromatic nitrogens is 2. The van der Waals surface area contributed by atoms with Crippen molar-refractivity contribution < 1.29 is 4.39 Å². The lowest BCUT2D eigenvalue weighted by molar-refractivity contribution is 0.627. The van der Waals surface area contributed by atoms with Gasteiger partial charge in [-0.3, -0.25) is 0 Å². The van der Waals surface area contributed by atoms with Gasteiger partial charge in [-0.05, 0) is 30.7 Å². The van der Waals surface area contributed by atoms with Crippen LogP contribution in [0.15, 0.2) is 30.6 Å². The molecule has 0 unspecified atom stereocenters. The molecule has 0 saturated carbocycles. The fraction of sp³-hybridized carbons (Fsp3) is 0.0909. The minimum absolute atomic E-state index is 0.287.